The maximum atomic E-state index is 13.0. The second-order valence-corrected chi connectivity index (χ2v) is 6.55. The minimum absolute atomic E-state index is 0.218. The lowest BCUT2D eigenvalue weighted by Crippen LogP contribution is -2.34. The van der Waals surface area contributed by atoms with Crippen molar-refractivity contribution in [1.29, 1.82) is 0 Å². The van der Waals surface area contributed by atoms with Crippen LogP contribution in [0.3, 0.4) is 0 Å². The third kappa shape index (κ3) is 2.83. The Bertz CT molecular complexity index is 1310. The summed E-state index contributed by atoms with van der Waals surface area (Å²) in [5.41, 5.74) is 1.66. The van der Waals surface area contributed by atoms with E-state index in [4.69, 9.17) is 0 Å². The van der Waals surface area contributed by atoms with Crippen molar-refractivity contribution in [1.82, 2.24) is 14.1 Å². The molecular weight excluding hydrogens is 356 g/mol. The van der Waals surface area contributed by atoms with E-state index in [1.165, 1.54) is 0 Å². The van der Waals surface area contributed by atoms with Crippen molar-refractivity contribution in [3.8, 4) is 5.69 Å². The van der Waals surface area contributed by atoms with Crippen LogP contribution in [0.4, 0.5) is 5.69 Å². The van der Waals surface area contributed by atoms with Gasteiger partial charge < -0.3 is 14.9 Å². The molecule has 1 amide bonds. The Morgan fingerprint density at radius 2 is 1.68 bits per heavy atom. The van der Waals surface area contributed by atoms with Gasteiger partial charge in [-0.15, -0.1) is 0 Å². The fourth-order valence-corrected chi connectivity index (χ4v) is 3.26. The quantitative estimate of drug-likeness (QED) is 0.578. The predicted molar refractivity (Wildman–Crippen MR) is 108 cm³/mol. The topological polar surface area (TPSA) is 88.9 Å². The molecule has 0 spiro atoms. The Kier molecular flexibility index (Phi) is 4.19. The second kappa shape index (κ2) is 6.70. The molecule has 7 nitrogen and oxygen atoms in total. The average Bonchev–Trinajstić information content (AvgIpc) is 3.01. The van der Waals surface area contributed by atoms with Crippen molar-refractivity contribution in [3.05, 3.63) is 92.8 Å². The smallest absolute Gasteiger partial charge is 0.333 e. The Balaban J connectivity index is 1.87. The lowest BCUT2D eigenvalue weighted by molar-refractivity contribution is 0.102. The molecule has 0 bridgehead atoms. The maximum Gasteiger partial charge on any atom is 0.333 e. The number of nitrogens with one attached hydrogen (secondary N) is 2. The molecule has 0 unspecified atom stereocenters. The summed E-state index contributed by atoms with van der Waals surface area (Å²) >= 11 is 0. The average molecular weight is 374 g/mol. The molecule has 2 aromatic heterocycles. The number of para-hydroxylation sites is 2. The first-order chi connectivity index (χ1) is 13.5. The van der Waals surface area contributed by atoms with Crippen LogP contribution in [0.1, 0.15) is 15.9 Å². The summed E-state index contributed by atoms with van der Waals surface area (Å²) in [5.74, 6) is -0.396. The molecule has 0 fully saturated rings. The number of fused-ring (bicyclic) bond motifs is 1. The Morgan fingerprint density at radius 1 is 1.00 bits per heavy atom. The molecule has 0 aliphatic heterocycles. The fourth-order valence-electron chi connectivity index (χ4n) is 3.26. The van der Waals surface area contributed by atoms with Gasteiger partial charge in [0, 0.05) is 18.9 Å². The first-order valence-electron chi connectivity index (χ1n) is 8.74. The summed E-state index contributed by atoms with van der Waals surface area (Å²) in [7, 11) is 1.67. The van der Waals surface area contributed by atoms with Gasteiger partial charge in [-0.1, -0.05) is 36.4 Å². The van der Waals surface area contributed by atoms with Crippen molar-refractivity contribution in [2.75, 3.05) is 5.32 Å². The van der Waals surface area contributed by atoms with Crippen LogP contribution in [0.25, 0.3) is 16.7 Å². The van der Waals surface area contributed by atoms with E-state index >= 15 is 0 Å². The molecule has 28 heavy (non-hydrogen) atoms. The predicted octanol–water partition coefficient (Wildman–Crippen LogP) is 2.58. The van der Waals surface area contributed by atoms with E-state index in [1.807, 2.05) is 25.1 Å². The molecule has 0 saturated heterocycles. The van der Waals surface area contributed by atoms with Gasteiger partial charge in [0.25, 0.3) is 11.5 Å². The highest BCUT2D eigenvalue weighted by Crippen LogP contribution is 2.19. The van der Waals surface area contributed by atoms with E-state index in [0.717, 1.165) is 10.1 Å². The number of hydrogen-bond donors (Lipinski definition) is 2. The first-order valence-corrected chi connectivity index (χ1v) is 8.74. The molecule has 2 N–H and O–H groups in total. The number of amides is 1. The number of H-pyrrole nitrogens is 1. The number of aryl methyl sites for hydroxylation is 2. The molecule has 0 radical (unpaired) electrons. The molecule has 0 aliphatic carbocycles. The number of hydrogen-bond acceptors (Lipinski definition) is 3. The number of aromatic nitrogens is 3. The van der Waals surface area contributed by atoms with Crippen LogP contribution in [-0.2, 0) is 7.05 Å². The number of carbonyl (C=O) groups is 1. The molecule has 7 heteroatoms. The maximum absolute atomic E-state index is 13.0. The van der Waals surface area contributed by atoms with Crippen LogP contribution >= 0.6 is 0 Å². The normalized spacial score (nSPS) is 10.9. The van der Waals surface area contributed by atoms with Gasteiger partial charge in [-0.25, -0.2) is 9.36 Å². The van der Waals surface area contributed by atoms with Crippen LogP contribution in [0.2, 0.25) is 0 Å². The van der Waals surface area contributed by atoms with Crippen LogP contribution in [0, 0.1) is 6.92 Å². The van der Waals surface area contributed by atoms with Gasteiger partial charge in [0.05, 0.1) is 16.8 Å². The summed E-state index contributed by atoms with van der Waals surface area (Å²) in [6.07, 6.45) is 1.55. The van der Waals surface area contributed by atoms with E-state index in [1.54, 1.807) is 54.2 Å². The summed E-state index contributed by atoms with van der Waals surface area (Å²) in [4.78, 5) is 41.1. The minimum Gasteiger partial charge on any atom is -0.344 e. The highest BCUT2D eigenvalue weighted by atomic mass is 16.2. The van der Waals surface area contributed by atoms with Gasteiger partial charge in [0.1, 0.15) is 5.52 Å². The fraction of sp³-hybridized carbons (Fsp3) is 0.0952. The third-order valence-electron chi connectivity index (χ3n) is 4.67. The van der Waals surface area contributed by atoms with E-state index in [0.29, 0.717) is 11.4 Å². The lowest BCUT2D eigenvalue weighted by Gasteiger charge is -2.08. The van der Waals surface area contributed by atoms with Crippen LogP contribution in [0.15, 0.2) is 70.4 Å². The Labute approximate surface area is 159 Å². The molecule has 0 atom stereocenters. The first kappa shape index (κ1) is 17.5. The van der Waals surface area contributed by atoms with Gasteiger partial charge in [0.2, 0.25) is 0 Å². The number of anilines is 1. The Hall–Kier alpha value is -3.87. The molecule has 2 heterocycles. The van der Waals surface area contributed by atoms with Crippen molar-refractivity contribution < 1.29 is 4.79 Å². The highest BCUT2D eigenvalue weighted by Gasteiger charge is 2.20. The molecule has 4 rings (SSSR count). The van der Waals surface area contributed by atoms with E-state index in [2.05, 4.69) is 10.3 Å². The van der Waals surface area contributed by atoms with Gasteiger partial charge in [-0.3, -0.25) is 9.59 Å². The van der Waals surface area contributed by atoms with Crippen molar-refractivity contribution >= 4 is 22.6 Å². The van der Waals surface area contributed by atoms with E-state index in [-0.39, 0.29) is 16.6 Å². The minimum atomic E-state index is -0.597. The number of carbonyl (C=O) groups excluding carboxylic acids is 1. The summed E-state index contributed by atoms with van der Waals surface area (Å²) in [6.45, 7) is 1.89. The standard InChI is InChI=1S/C21H18N4O3/c1-13-8-6-7-11-16(13)22-19(26)15-12-24(2)18-17(15)23-21(28)25(20(18)27)14-9-4-3-5-10-14/h3-12H,1-2H3,(H,22,26)(H,23,28). The zero-order chi connectivity index (χ0) is 19.8. The van der Waals surface area contributed by atoms with Crippen LogP contribution < -0.4 is 16.6 Å². The number of rotatable bonds is 3. The Morgan fingerprint density at radius 3 is 2.39 bits per heavy atom. The summed E-state index contributed by atoms with van der Waals surface area (Å²) in [6, 6.07) is 16.0. The molecule has 0 saturated carbocycles. The van der Waals surface area contributed by atoms with E-state index < -0.39 is 17.2 Å². The van der Waals surface area contributed by atoms with Crippen molar-refractivity contribution in [3.63, 3.8) is 0 Å². The zero-order valence-electron chi connectivity index (χ0n) is 15.4. The van der Waals surface area contributed by atoms with Gasteiger partial charge in [-0.05, 0) is 30.7 Å². The molecule has 140 valence electrons. The largest absolute Gasteiger partial charge is 0.344 e. The van der Waals surface area contributed by atoms with Gasteiger partial charge in [0.15, 0.2) is 0 Å². The second-order valence-electron chi connectivity index (χ2n) is 6.55. The summed E-state index contributed by atoms with van der Waals surface area (Å²) in [5, 5.41) is 2.83. The summed E-state index contributed by atoms with van der Waals surface area (Å²) < 4.78 is 2.62. The number of nitrogens with zero attached hydrogens (tertiary/aromatic N) is 2. The van der Waals surface area contributed by atoms with Gasteiger partial charge >= 0.3 is 5.69 Å². The van der Waals surface area contributed by atoms with Crippen molar-refractivity contribution in [2.45, 2.75) is 6.92 Å². The van der Waals surface area contributed by atoms with Gasteiger partial charge in [-0.2, -0.15) is 0 Å². The molecule has 2 aromatic carbocycles. The number of aromatic amines is 1. The van der Waals surface area contributed by atoms with E-state index in [9.17, 15) is 14.4 Å². The number of benzene rings is 2. The monoisotopic (exact) mass is 374 g/mol. The SMILES string of the molecule is Cc1ccccc1NC(=O)c1cn(C)c2c(=O)n(-c3ccccc3)c(=O)[nH]c12. The molecule has 0 aliphatic rings. The molecule has 4 aromatic rings. The zero-order valence-corrected chi connectivity index (χ0v) is 15.4. The van der Waals surface area contributed by atoms with Crippen LogP contribution in [-0.4, -0.2) is 20.0 Å². The highest BCUT2D eigenvalue weighted by molar-refractivity contribution is 6.12. The van der Waals surface area contributed by atoms with Crippen molar-refractivity contribution in [2.24, 2.45) is 7.05 Å². The molecular formula is C21H18N4O3. The lowest BCUT2D eigenvalue weighted by atomic mass is 10.2. The van der Waals surface area contributed by atoms with Crippen LogP contribution in [0.5, 0.6) is 0 Å². The third-order valence-corrected chi connectivity index (χ3v) is 4.67.